The van der Waals surface area contributed by atoms with Gasteiger partial charge in [-0.1, -0.05) is 96.3 Å². The molecular formula is C30H45NO2. The third-order valence-electron chi connectivity index (χ3n) is 5.93. The number of para-hydroxylation sites is 1. The Morgan fingerprint density at radius 2 is 1.21 bits per heavy atom. The maximum Gasteiger partial charge on any atom is 0.128 e. The minimum atomic E-state index is 0.746. The number of unbranched alkanes of at least 4 members (excludes halogenated alkanes) is 10. The van der Waals surface area contributed by atoms with E-state index in [0.717, 1.165) is 54.4 Å². The molecule has 0 spiro atoms. The van der Waals surface area contributed by atoms with Crippen LogP contribution in [0.3, 0.4) is 0 Å². The molecule has 2 rings (SSSR count). The van der Waals surface area contributed by atoms with E-state index >= 15 is 0 Å². The molecule has 0 amide bonds. The number of rotatable bonds is 18. The fraction of sp³-hybridized carbons (Fsp3) is 0.567. The van der Waals surface area contributed by atoms with Crippen molar-refractivity contribution in [1.29, 1.82) is 0 Å². The van der Waals surface area contributed by atoms with Crippen molar-refractivity contribution in [2.45, 2.75) is 97.8 Å². The molecule has 0 radical (unpaired) electrons. The Morgan fingerprint density at radius 3 is 1.82 bits per heavy atom. The molecule has 0 aromatic heterocycles. The molecule has 0 aliphatic carbocycles. The molecule has 0 fully saturated rings. The number of ether oxygens (including phenoxy) is 2. The Bertz CT molecular complexity index is 785. The number of aryl methyl sites for hydroxylation is 1. The first-order valence-electron chi connectivity index (χ1n) is 13.2. The summed E-state index contributed by atoms with van der Waals surface area (Å²) < 4.78 is 12.4. The summed E-state index contributed by atoms with van der Waals surface area (Å²) in [5.41, 5.74) is 3.04. The molecule has 0 atom stereocenters. The molecule has 0 N–H and O–H groups in total. The number of aliphatic imine (C=N–C) groups is 1. The second-order valence-corrected chi connectivity index (χ2v) is 8.98. The maximum atomic E-state index is 6.20. The highest BCUT2D eigenvalue weighted by Crippen LogP contribution is 2.29. The molecule has 2 aromatic rings. The van der Waals surface area contributed by atoms with E-state index in [4.69, 9.17) is 9.47 Å². The molecule has 0 aliphatic rings. The van der Waals surface area contributed by atoms with Gasteiger partial charge in [-0.05, 0) is 49.6 Å². The lowest BCUT2D eigenvalue weighted by atomic mass is 10.1. The van der Waals surface area contributed by atoms with Crippen LogP contribution in [0, 0.1) is 6.92 Å². The molecular weight excluding hydrogens is 406 g/mol. The quantitative estimate of drug-likeness (QED) is 0.167. The van der Waals surface area contributed by atoms with Crippen molar-refractivity contribution in [3.63, 3.8) is 0 Å². The number of nitrogens with zero attached hydrogens (tertiary/aromatic N) is 1. The molecule has 182 valence electrons. The zero-order valence-electron chi connectivity index (χ0n) is 21.3. The van der Waals surface area contributed by atoms with Gasteiger partial charge < -0.3 is 9.47 Å². The van der Waals surface area contributed by atoms with Gasteiger partial charge in [0.15, 0.2) is 0 Å². The van der Waals surface area contributed by atoms with E-state index in [9.17, 15) is 0 Å². The van der Waals surface area contributed by atoms with E-state index in [1.807, 2.05) is 36.5 Å². The highest BCUT2D eigenvalue weighted by atomic mass is 16.5. The number of benzene rings is 2. The van der Waals surface area contributed by atoms with E-state index < -0.39 is 0 Å². The molecule has 0 saturated heterocycles. The lowest BCUT2D eigenvalue weighted by Gasteiger charge is -2.15. The van der Waals surface area contributed by atoms with E-state index in [-0.39, 0.29) is 0 Å². The molecule has 0 unspecified atom stereocenters. The van der Waals surface area contributed by atoms with Crippen molar-refractivity contribution in [3.8, 4) is 11.5 Å². The summed E-state index contributed by atoms with van der Waals surface area (Å²) in [6, 6.07) is 14.2. The van der Waals surface area contributed by atoms with Crippen molar-refractivity contribution in [2.24, 2.45) is 4.99 Å². The monoisotopic (exact) mass is 451 g/mol. The van der Waals surface area contributed by atoms with Gasteiger partial charge in [-0.25, -0.2) is 0 Å². The average Bonchev–Trinajstić information content (AvgIpc) is 2.83. The zero-order chi connectivity index (χ0) is 23.6. The Morgan fingerprint density at radius 1 is 0.667 bits per heavy atom. The predicted octanol–water partition coefficient (Wildman–Crippen LogP) is 9.22. The predicted molar refractivity (Wildman–Crippen MR) is 143 cm³/mol. The van der Waals surface area contributed by atoms with Gasteiger partial charge in [0.05, 0.1) is 18.9 Å². The van der Waals surface area contributed by atoms with Gasteiger partial charge in [0.25, 0.3) is 0 Å². The van der Waals surface area contributed by atoms with E-state index in [1.165, 1.54) is 64.2 Å². The van der Waals surface area contributed by atoms with Crippen LogP contribution in [0.15, 0.2) is 47.5 Å². The van der Waals surface area contributed by atoms with Gasteiger partial charge in [-0.15, -0.1) is 0 Å². The van der Waals surface area contributed by atoms with E-state index in [0.29, 0.717) is 0 Å². The minimum absolute atomic E-state index is 0.746. The third kappa shape index (κ3) is 11.4. The zero-order valence-corrected chi connectivity index (χ0v) is 21.3. The van der Waals surface area contributed by atoms with Crippen LogP contribution in [0.25, 0.3) is 0 Å². The normalized spacial score (nSPS) is 11.2. The maximum absolute atomic E-state index is 6.20. The minimum Gasteiger partial charge on any atom is -0.493 e. The lowest BCUT2D eigenvalue weighted by molar-refractivity contribution is 0.294. The van der Waals surface area contributed by atoms with E-state index in [2.05, 4.69) is 37.9 Å². The van der Waals surface area contributed by atoms with Crippen LogP contribution >= 0.6 is 0 Å². The van der Waals surface area contributed by atoms with Crippen LogP contribution in [0.1, 0.15) is 102 Å². The second kappa shape index (κ2) is 17.2. The summed E-state index contributed by atoms with van der Waals surface area (Å²) >= 11 is 0. The summed E-state index contributed by atoms with van der Waals surface area (Å²) in [5.74, 6) is 1.83. The fourth-order valence-electron chi connectivity index (χ4n) is 3.85. The highest BCUT2D eigenvalue weighted by molar-refractivity contribution is 5.86. The Kier molecular flexibility index (Phi) is 14.1. The molecule has 2 aromatic carbocycles. The Hall–Kier alpha value is -2.29. The van der Waals surface area contributed by atoms with Crippen molar-refractivity contribution < 1.29 is 9.47 Å². The van der Waals surface area contributed by atoms with Crippen molar-refractivity contribution >= 4 is 11.9 Å². The molecule has 0 heterocycles. The SMILES string of the molecule is CCCCCCCCOc1cc(C=Nc2ccccc2)c(OCCCCCCCC)cc1C. The molecule has 3 nitrogen and oxygen atoms in total. The number of hydrogen-bond acceptors (Lipinski definition) is 3. The Balaban J connectivity index is 1.97. The van der Waals surface area contributed by atoms with Crippen LogP contribution < -0.4 is 9.47 Å². The molecule has 3 heteroatoms. The van der Waals surface area contributed by atoms with Crippen molar-refractivity contribution in [3.05, 3.63) is 53.6 Å². The fourth-order valence-corrected chi connectivity index (χ4v) is 3.85. The summed E-state index contributed by atoms with van der Waals surface area (Å²) in [5, 5.41) is 0. The molecule has 0 aliphatic heterocycles. The number of hydrogen-bond donors (Lipinski definition) is 0. The van der Waals surface area contributed by atoms with Crippen LogP contribution in [0.5, 0.6) is 11.5 Å². The second-order valence-electron chi connectivity index (χ2n) is 8.98. The molecule has 0 saturated carbocycles. The molecule has 0 bridgehead atoms. The third-order valence-corrected chi connectivity index (χ3v) is 5.93. The summed E-state index contributed by atoms with van der Waals surface area (Å²) in [6.45, 7) is 8.12. The van der Waals surface area contributed by atoms with E-state index in [1.54, 1.807) is 0 Å². The first kappa shape index (κ1) is 27.0. The topological polar surface area (TPSA) is 30.8 Å². The van der Waals surface area contributed by atoms with Crippen LogP contribution in [-0.4, -0.2) is 19.4 Å². The van der Waals surface area contributed by atoms with Crippen LogP contribution in [0.4, 0.5) is 5.69 Å². The van der Waals surface area contributed by atoms with Crippen LogP contribution in [0.2, 0.25) is 0 Å². The van der Waals surface area contributed by atoms with Gasteiger partial charge in [0.2, 0.25) is 0 Å². The first-order chi connectivity index (χ1) is 16.2. The average molecular weight is 452 g/mol. The van der Waals surface area contributed by atoms with Gasteiger partial charge >= 0.3 is 0 Å². The standard InChI is InChI=1S/C30H45NO2/c1-4-6-8-10-12-17-21-32-29-24-27(25-31-28-19-15-14-16-20-28)30(23-26(29)3)33-22-18-13-11-9-7-5-2/h14-16,19-20,23-25H,4-13,17-18,21-22H2,1-3H3. The lowest BCUT2D eigenvalue weighted by Crippen LogP contribution is -2.04. The van der Waals surface area contributed by atoms with Gasteiger partial charge in [-0.2, -0.15) is 0 Å². The first-order valence-corrected chi connectivity index (χ1v) is 13.2. The van der Waals surface area contributed by atoms with Gasteiger partial charge in [0.1, 0.15) is 11.5 Å². The molecule has 33 heavy (non-hydrogen) atoms. The van der Waals surface area contributed by atoms with Gasteiger partial charge in [0, 0.05) is 11.8 Å². The summed E-state index contributed by atoms with van der Waals surface area (Å²) in [7, 11) is 0. The van der Waals surface area contributed by atoms with Crippen LogP contribution in [-0.2, 0) is 0 Å². The highest BCUT2D eigenvalue weighted by Gasteiger charge is 2.09. The Labute approximate surface area is 202 Å². The summed E-state index contributed by atoms with van der Waals surface area (Å²) in [6.07, 6.45) is 17.1. The summed E-state index contributed by atoms with van der Waals surface area (Å²) in [4.78, 5) is 4.66. The van der Waals surface area contributed by atoms with Gasteiger partial charge in [-0.3, -0.25) is 4.99 Å². The van der Waals surface area contributed by atoms with Crippen molar-refractivity contribution in [2.75, 3.05) is 13.2 Å². The smallest absolute Gasteiger partial charge is 0.128 e. The van der Waals surface area contributed by atoms with Crippen molar-refractivity contribution in [1.82, 2.24) is 0 Å². The largest absolute Gasteiger partial charge is 0.493 e.